The van der Waals surface area contributed by atoms with Crippen molar-refractivity contribution >= 4 is 28.8 Å². The van der Waals surface area contributed by atoms with E-state index in [9.17, 15) is 5.26 Å². The SMILES string of the molecule is Cc1ccn2c(C#N)c(-c3ccc(Cl)cc3Cl)nc2c1. The fourth-order valence-corrected chi connectivity index (χ4v) is 2.62. The highest BCUT2D eigenvalue weighted by molar-refractivity contribution is 6.36. The number of aromatic nitrogens is 2. The molecule has 0 aliphatic carbocycles. The van der Waals surface area contributed by atoms with Crippen LogP contribution in [0.25, 0.3) is 16.9 Å². The van der Waals surface area contributed by atoms with Crippen molar-refractivity contribution in [3.8, 4) is 17.3 Å². The lowest BCUT2D eigenvalue weighted by atomic mass is 10.1. The Morgan fingerprint density at radius 1 is 1.20 bits per heavy atom. The molecule has 0 fully saturated rings. The molecule has 0 bridgehead atoms. The summed E-state index contributed by atoms with van der Waals surface area (Å²) in [6.07, 6.45) is 1.84. The molecule has 0 N–H and O–H groups in total. The molecule has 2 aromatic heterocycles. The van der Waals surface area contributed by atoms with Crippen molar-refractivity contribution in [2.24, 2.45) is 0 Å². The first-order valence-corrected chi connectivity index (χ1v) is 6.70. The number of imidazole rings is 1. The molecule has 3 nitrogen and oxygen atoms in total. The Balaban J connectivity index is 2.33. The summed E-state index contributed by atoms with van der Waals surface area (Å²) in [4.78, 5) is 4.52. The van der Waals surface area contributed by atoms with Crippen molar-refractivity contribution in [2.45, 2.75) is 6.92 Å². The normalized spacial score (nSPS) is 10.7. The van der Waals surface area contributed by atoms with Gasteiger partial charge in [0.1, 0.15) is 17.4 Å². The Morgan fingerprint density at radius 3 is 2.70 bits per heavy atom. The second-order valence-electron chi connectivity index (χ2n) is 4.48. The molecule has 0 aliphatic heterocycles. The number of benzene rings is 1. The molecule has 5 heteroatoms. The Hall–Kier alpha value is -2.02. The largest absolute Gasteiger partial charge is 0.291 e. The Labute approximate surface area is 126 Å². The molecule has 0 atom stereocenters. The summed E-state index contributed by atoms with van der Waals surface area (Å²) in [5, 5.41) is 10.4. The maximum atomic E-state index is 9.40. The van der Waals surface area contributed by atoms with E-state index < -0.39 is 0 Å². The van der Waals surface area contributed by atoms with E-state index in [4.69, 9.17) is 23.2 Å². The lowest BCUT2D eigenvalue weighted by molar-refractivity contribution is 1.14. The number of fused-ring (bicyclic) bond motifs is 1. The van der Waals surface area contributed by atoms with E-state index in [2.05, 4.69) is 11.1 Å². The van der Waals surface area contributed by atoms with Crippen LogP contribution in [-0.4, -0.2) is 9.38 Å². The number of hydrogen-bond acceptors (Lipinski definition) is 2. The summed E-state index contributed by atoms with van der Waals surface area (Å²) in [7, 11) is 0. The van der Waals surface area contributed by atoms with Crippen LogP contribution in [-0.2, 0) is 0 Å². The van der Waals surface area contributed by atoms with Gasteiger partial charge in [0, 0.05) is 16.8 Å². The molecule has 0 saturated carbocycles. The van der Waals surface area contributed by atoms with Crippen LogP contribution in [0, 0.1) is 18.3 Å². The first kappa shape index (κ1) is 13.0. The van der Waals surface area contributed by atoms with Crippen molar-refractivity contribution in [3.05, 3.63) is 57.8 Å². The van der Waals surface area contributed by atoms with Crippen LogP contribution in [0.5, 0.6) is 0 Å². The van der Waals surface area contributed by atoms with Crippen molar-refractivity contribution in [1.29, 1.82) is 5.26 Å². The van der Waals surface area contributed by atoms with E-state index in [1.165, 1.54) is 0 Å². The maximum absolute atomic E-state index is 9.40. The molecule has 3 rings (SSSR count). The Kier molecular flexibility index (Phi) is 3.13. The molecule has 0 unspecified atom stereocenters. The molecular weight excluding hydrogens is 293 g/mol. The van der Waals surface area contributed by atoms with Crippen LogP contribution < -0.4 is 0 Å². The van der Waals surface area contributed by atoms with Gasteiger partial charge in [-0.3, -0.25) is 4.40 Å². The summed E-state index contributed by atoms with van der Waals surface area (Å²) >= 11 is 12.1. The third kappa shape index (κ3) is 2.03. The lowest BCUT2D eigenvalue weighted by Crippen LogP contribution is -1.89. The van der Waals surface area contributed by atoms with E-state index >= 15 is 0 Å². The molecule has 0 saturated heterocycles. The number of aryl methyl sites for hydroxylation is 1. The molecule has 3 aromatic rings. The van der Waals surface area contributed by atoms with Gasteiger partial charge >= 0.3 is 0 Å². The minimum atomic E-state index is 0.462. The number of hydrogen-bond donors (Lipinski definition) is 0. The van der Waals surface area contributed by atoms with Gasteiger partial charge in [0.2, 0.25) is 0 Å². The van der Waals surface area contributed by atoms with E-state index in [0.29, 0.717) is 27.0 Å². The average Bonchev–Trinajstić information content (AvgIpc) is 2.75. The van der Waals surface area contributed by atoms with Gasteiger partial charge in [-0.1, -0.05) is 23.2 Å². The summed E-state index contributed by atoms with van der Waals surface area (Å²) in [5.74, 6) is 0. The first-order valence-electron chi connectivity index (χ1n) is 5.94. The van der Waals surface area contributed by atoms with Gasteiger partial charge in [-0.05, 0) is 42.8 Å². The highest BCUT2D eigenvalue weighted by Crippen LogP contribution is 2.32. The zero-order valence-corrected chi connectivity index (χ0v) is 12.1. The molecule has 1 aromatic carbocycles. The zero-order valence-electron chi connectivity index (χ0n) is 10.6. The van der Waals surface area contributed by atoms with E-state index in [0.717, 1.165) is 11.2 Å². The molecular formula is C15H9Cl2N3. The first-order chi connectivity index (χ1) is 9.60. The van der Waals surface area contributed by atoms with Crippen LogP contribution in [0.2, 0.25) is 10.0 Å². The molecule has 0 spiro atoms. The molecule has 0 amide bonds. The standard InChI is InChI=1S/C15H9Cl2N3/c1-9-4-5-20-13(8-18)15(19-14(20)6-9)11-3-2-10(16)7-12(11)17/h2-7H,1H3. The van der Waals surface area contributed by atoms with Crippen molar-refractivity contribution in [1.82, 2.24) is 9.38 Å². The number of nitrogens with zero attached hydrogens (tertiary/aromatic N) is 3. The van der Waals surface area contributed by atoms with Gasteiger partial charge in [-0.25, -0.2) is 4.98 Å². The van der Waals surface area contributed by atoms with E-state index in [1.807, 2.05) is 25.3 Å². The number of nitriles is 1. The van der Waals surface area contributed by atoms with Gasteiger partial charge < -0.3 is 0 Å². The van der Waals surface area contributed by atoms with Crippen LogP contribution in [0.3, 0.4) is 0 Å². The molecule has 0 radical (unpaired) electrons. The summed E-state index contributed by atoms with van der Waals surface area (Å²) in [5.41, 5.74) is 3.54. The summed E-state index contributed by atoms with van der Waals surface area (Å²) in [6.45, 7) is 1.98. The minimum absolute atomic E-state index is 0.462. The van der Waals surface area contributed by atoms with E-state index in [1.54, 1.807) is 22.6 Å². The van der Waals surface area contributed by atoms with Gasteiger partial charge in [0.05, 0.1) is 5.02 Å². The average molecular weight is 302 g/mol. The Morgan fingerprint density at radius 2 is 2.00 bits per heavy atom. The third-order valence-electron chi connectivity index (χ3n) is 3.07. The van der Waals surface area contributed by atoms with Gasteiger partial charge in [-0.15, -0.1) is 0 Å². The highest BCUT2D eigenvalue weighted by atomic mass is 35.5. The number of halogens is 2. The quantitative estimate of drug-likeness (QED) is 0.664. The van der Waals surface area contributed by atoms with Gasteiger partial charge in [0.15, 0.2) is 5.69 Å². The fraction of sp³-hybridized carbons (Fsp3) is 0.0667. The van der Waals surface area contributed by atoms with Crippen molar-refractivity contribution in [3.63, 3.8) is 0 Å². The lowest BCUT2D eigenvalue weighted by Gasteiger charge is -2.01. The van der Waals surface area contributed by atoms with Crippen LogP contribution in [0.15, 0.2) is 36.5 Å². The van der Waals surface area contributed by atoms with Crippen LogP contribution >= 0.6 is 23.2 Å². The second-order valence-corrected chi connectivity index (χ2v) is 5.32. The second kappa shape index (κ2) is 4.82. The Bertz CT molecular complexity index is 859. The smallest absolute Gasteiger partial charge is 0.152 e. The summed E-state index contributed by atoms with van der Waals surface area (Å²) in [6, 6.07) is 11.2. The minimum Gasteiger partial charge on any atom is -0.291 e. The topological polar surface area (TPSA) is 41.1 Å². The number of pyridine rings is 1. The monoisotopic (exact) mass is 301 g/mol. The van der Waals surface area contributed by atoms with Crippen molar-refractivity contribution < 1.29 is 0 Å². The zero-order chi connectivity index (χ0) is 14.3. The van der Waals surface area contributed by atoms with Crippen LogP contribution in [0.4, 0.5) is 0 Å². The van der Waals surface area contributed by atoms with E-state index in [-0.39, 0.29) is 0 Å². The fourth-order valence-electron chi connectivity index (χ4n) is 2.12. The molecule has 2 heterocycles. The van der Waals surface area contributed by atoms with Crippen LogP contribution in [0.1, 0.15) is 11.3 Å². The van der Waals surface area contributed by atoms with Gasteiger partial charge in [0.25, 0.3) is 0 Å². The predicted molar refractivity (Wildman–Crippen MR) is 80.1 cm³/mol. The molecule has 20 heavy (non-hydrogen) atoms. The maximum Gasteiger partial charge on any atom is 0.152 e. The van der Waals surface area contributed by atoms with Gasteiger partial charge in [-0.2, -0.15) is 5.26 Å². The molecule has 0 aliphatic rings. The highest BCUT2D eigenvalue weighted by Gasteiger charge is 2.16. The van der Waals surface area contributed by atoms with Crippen molar-refractivity contribution in [2.75, 3.05) is 0 Å². The molecule has 98 valence electrons. The summed E-state index contributed by atoms with van der Waals surface area (Å²) < 4.78 is 1.76. The number of rotatable bonds is 1. The predicted octanol–water partition coefficient (Wildman–Crippen LogP) is 4.49. The third-order valence-corrected chi connectivity index (χ3v) is 3.62.